The summed E-state index contributed by atoms with van der Waals surface area (Å²) in [4.78, 5) is 20.8. The molecule has 0 fully saturated rings. The summed E-state index contributed by atoms with van der Waals surface area (Å²) in [5, 5.41) is 0.419. The number of nitrogens with zero attached hydrogens (tertiary/aromatic N) is 3. The van der Waals surface area contributed by atoms with E-state index in [-0.39, 0.29) is 17.0 Å². The van der Waals surface area contributed by atoms with Crippen LogP contribution < -0.4 is 0 Å². The van der Waals surface area contributed by atoms with Crippen LogP contribution in [-0.2, 0) is 0 Å². The summed E-state index contributed by atoms with van der Waals surface area (Å²) in [5.74, 6) is -0.791. The first-order valence-electron chi connectivity index (χ1n) is 8.17. The first-order chi connectivity index (χ1) is 13.1. The van der Waals surface area contributed by atoms with Crippen LogP contribution >= 0.6 is 11.6 Å². The van der Waals surface area contributed by atoms with E-state index in [1.54, 1.807) is 29.4 Å². The Hall–Kier alpha value is -3.31. The van der Waals surface area contributed by atoms with Crippen molar-refractivity contribution in [3.63, 3.8) is 0 Å². The summed E-state index contributed by atoms with van der Waals surface area (Å²) in [6, 6.07) is 16.9. The minimum Gasteiger partial charge on any atom is -0.306 e. The molecule has 6 heteroatoms. The molecule has 27 heavy (non-hydrogen) atoms. The molecule has 4 nitrogen and oxygen atoms in total. The third kappa shape index (κ3) is 3.50. The topological polar surface area (TPSA) is 47.8 Å². The van der Waals surface area contributed by atoms with Gasteiger partial charge in [-0.1, -0.05) is 35.9 Å². The Morgan fingerprint density at radius 1 is 1.00 bits per heavy atom. The second-order valence-corrected chi connectivity index (χ2v) is 6.26. The Morgan fingerprint density at radius 3 is 2.67 bits per heavy atom. The van der Waals surface area contributed by atoms with Crippen molar-refractivity contribution in [2.45, 2.75) is 0 Å². The Bertz CT molecular complexity index is 1140. The Balaban J connectivity index is 1.67. The van der Waals surface area contributed by atoms with Crippen molar-refractivity contribution in [1.29, 1.82) is 0 Å². The van der Waals surface area contributed by atoms with E-state index in [0.717, 1.165) is 16.8 Å². The molecule has 0 atom stereocenters. The van der Waals surface area contributed by atoms with Gasteiger partial charge in [-0.25, -0.2) is 14.4 Å². The minimum atomic E-state index is -0.457. The standard InChI is InChI=1S/C21H13ClFN3O/c22-21-18(8-3-9-24-21)14-4-2-7-17(11-14)26-12-19(25-13-26)20(27)15-5-1-6-16(23)10-15/h1-13H. The fourth-order valence-electron chi connectivity index (χ4n) is 2.79. The maximum atomic E-state index is 13.4. The van der Waals surface area contributed by atoms with Crippen molar-refractivity contribution < 1.29 is 9.18 Å². The van der Waals surface area contributed by atoms with Gasteiger partial charge in [0.25, 0.3) is 0 Å². The number of carbonyl (C=O) groups excluding carboxylic acids is 1. The van der Waals surface area contributed by atoms with Gasteiger partial charge in [-0.2, -0.15) is 0 Å². The molecule has 132 valence electrons. The van der Waals surface area contributed by atoms with E-state index in [1.165, 1.54) is 18.2 Å². The predicted molar refractivity (Wildman–Crippen MR) is 102 cm³/mol. The largest absolute Gasteiger partial charge is 0.306 e. The van der Waals surface area contributed by atoms with Gasteiger partial charge >= 0.3 is 0 Å². The summed E-state index contributed by atoms with van der Waals surface area (Å²) in [6.45, 7) is 0. The van der Waals surface area contributed by atoms with Gasteiger partial charge < -0.3 is 4.57 Å². The number of carbonyl (C=O) groups is 1. The van der Waals surface area contributed by atoms with Crippen molar-refractivity contribution in [2.75, 3.05) is 0 Å². The Kier molecular flexibility index (Phi) is 4.52. The quantitative estimate of drug-likeness (QED) is 0.373. The molecule has 0 amide bonds. The first kappa shape index (κ1) is 17.1. The zero-order valence-electron chi connectivity index (χ0n) is 14.0. The average molecular weight is 378 g/mol. The fourth-order valence-corrected chi connectivity index (χ4v) is 3.02. The van der Waals surface area contributed by atoms with Crippen molar-refractivity contribution in [2.24, 2.45) is 0 Å². The van der Waals surface area contributed by atoms with Crippen LogP contribution in [0.1, 0.15) is 16.1 Å². The lowest BCUT2D eigenvalue weighted by atomic mass is 10.1. The third-order valence-electron chi connectivity index (χ3n) is 4.12. The number of imidazole rings is 1. The molecular formula is C21H13ClFN3O. The number of benzene rings is 2. The smallest absolute Gasteiger partial charge is 0.213 e. The molecule has 0 saturated carbocycles. The monoisotopic (exact) mass is 377 g/mol. The summed E-state index contributed by atoms with van der Waals surface area (Å²) in [6.07, 6.45) is 4.81. The number of pyridine rings is 1. The SMILES string of the molecule is O=C(c1cccc(F)c1)c1cn(-c2cccc(-c3cccnc3Cl)c2)cn1. The number of hydrogen-bond acceptors (Lipinski definition) is 3. The molecular weight excluding hydrogens is 365 g/mol. The van der Waals surface area contributed by atoms with Crippen LogP contribution in [0, 0.1) is 5.82 Å². The van der Waals surface area contributed by atoms with Crippen molar-refractivity contribution in [1.82, 2.24) is 14.5 Å². The zero-order chi connectivity index (χ0) is 18.8. The normalized spacial score (nSPS) is 10.7. The summed E-state index contributed by atoms with van der Waals surface area (Å²) < 4.78 is 15.1. The highest BCUT2D eigenvalue weighted by Crippen LogP contribution is 2.27. The summed E-state index contributed by atoms with van der Waals surface area (Å²) >= 11 is 6.18. The molecule has 0 unspecified atom stereocenters. The molecule has 0 aliphatic heterocycles. The second-order valence-electron chi connectivity index (χ2n) is 5.90. The summed E-state index contributed by atoms with van der Waals surface area (Å²) in [7, 11) is 0. The van der Waals surface area contributed by atoms with Crippen molar-refractivity contribution >= 4 is 17.4 Å². The van der Waals surface area contributed by atoms with Crippen molar-refractivity contribution in [3.05, 3.63) is 102 Å². The lowest BCUT2D eigenvalue weighted by Crippen LogP contribution is -2.02. The zero-order valence-corrected chi connectivity index (χ0v) is 14.8. The van der Waals surface area contributed by atoms with Gasteiger partial charge in [0, 0.05) is 29.2 Å². The Labute approximate surface area is 159 Å². The average Bonchev–Trinajstić information content (AvgIpc) is 3.18. The number of hydrogen-bond donors (Lipinski definition) is 0. The van der Waals surface area contributed by atoms with Crippen LogP contribution in [0.4, 0.5) is 4.39 Å². The van der Waals surface area contributed by atoms with E-state index >= 15 is 0 Å². The number of halogens is 2. The number of ketones is 1. The van der Waals surface area contributed by atoms with Gasteiger partial charge in [0.2, 0.25) is 5.78 Å². The van der Waals surface area contributed by atoms with E-state index in [0.29, 0.717) is 5.15 Å². The van der Waals surface area contributed by atoms with Crippen LogP contribution in [0.5, 0.6) is 0 Å². The predicted octanol–water partition coefficient (Wildman–Crippen LogP) is 4.96. The van der Waals surface area contributed by atoms with Crippen LogP contribution in [0.15, 0.2) is 79.4 Å². The molecule has 4 rings (SSSR count). The molecule has 0 N–H and O–H groups in total. The van der Waals surface area contributed by atoms with Gasteiger partial charge in [-0.3, -0.25) is 4.79 Å². The molecule has 0 radical (unpaired) electrons. The molecule has 4 aromatic rings. The molecule has 0 bridgehead atoms. The maximum absolute atomic E-state index is 13.4. The van der Waals surface area contributed by atoms with E-state index < -0.39 is 5.82 Å². The van der Waals surface area contributed by atoms with Crippen LogP contribution in [-0.4, -0.2) is 20.3 Å². The van der Waals surface area contributed by atoms with Gasteiger partial charge in [0.1, 0.15) is 23.0 Å². The van der Waals surface area contributed by atoms with E-state index in [4.69, 9.17) is 11.6 Å². The highest BCUT2D eigenvalue weighted by Gasteiger charge is 2.14. The number of aromatic nitrogens is 3. The highest BCUT2D eigenvalue weighted by molar-refractivity contribution is 6.32. The summed E-state index contributed by atoms with van der Waals surface area (Å²) in [5.41, 5.74) is 3.04. The molecule has 0 spiro atoms. The number of rotatable bonds is 4. The molecule has 2 aromatic carbocycles. The lowest BCUT2D eigenvalue weighted by molar-refractivity contribution is 0.103. The van der Waals surface area contributed by atoms with Gasteiger partial charge in [0.15, 0.2) is 0 Å². The molecule has 0 aliphatic rings. The van der Waals surface area contributed by atoms with Crippen molar-refractivity contribution in [3.8, 4) is 16.8 Å². The molecule has 0 saturated heterocycles. The lowest BCUT2D eigenvalue weighted by Gasteiger charge is -2.07. The minimum absolute atomic E-state index is 0.241. The Morgan fingerprint density at radius 2 is 1.85 bits per heavy atom. The molecule has 2 aromatic heterocycles. The van der Waals surface area contributed by atoms with Crippen LogP contribution in [0.25, 0.3) is 16.8 Å². The van der Waals surface area contributed by atoms with Gasteiger partial charge in [0.05, 0.1) is 0 Å². The van der Waals surface area contributed by atoms with Gasteiger partial charge in [-0.05, 0) is 42.0 Å². The molecule has 2 heterocycles. The first-order valence-corrected chi connectivity index (χ1v) is 8.55. The maximum Gasteiger partial charge on any atom is 0.213 e. The second kappa shape index (κ2) is 7.13. The van der Waals surface area contributed by atoms with E-state index in [9.17, 15) is 9.18 Å². The van der Waals surface area contributed by atoms with Crippen LogP contribution in [0.2, 0.25) is 5.15 Å². The fraction of sp³-hybridized carbons (Fsp3) is 0. The van der Waals surface area contributed by atoms with Gasteiger partial charge in [-0.15, -0.1) is 0 Å². The van der Waals surface area contributed by atoms with Crippen LogP contribution in [0.3, 0.4) is 0 Å². The molecule has 0 aliphatic carbocycles. The highest BCUT2D eigenvalue weighted by atomic mass is 35.5. The van der Waals surface area contributed by atoms with E-state index in [1.807, 2.05) is 36.4 Å². The third-order valence-corrected chi connectivity index (χ3v) is 4.42. The van der Waals surface area contributed by atoms with E-state index in [2.05, 4.69) is 9.97 Å².